The van der Waals surface area contributed by atoms with Crippen molar-refractivity contribution in [1.29, 1.82) is 0 Å². The minimum absolute atomic E-state index is 0.107. The summed E-state index contributed by atoms with van der Waals surface area (Å²) in [6.45, 7) is 0.790. The van der Waals surface area contributed by atoms with E-state index in [2.05, 4.69) is 10.1 Å². The Bertz CT molecular complexity index is 533. The molecule has 86 valence electrons. The molecule has 2 heterocycles. The molecule has 1 aliphatic heterocycles. The van der Waals surface area contributed by atoms with Crippen LogP contribution >= 0.6 is 0 Å². The highest BCUT2D eigenvalue weighted by atomic mass is 16.1. The van der Waals surface area contributed by atoms with Crippen LogP contribution in [0.4, 0.5) is 0 Å². The smallest absolute Gasteiger partial charge is 0.181 e. The Hall–Kier alpha value is -1.97. The van der Waals surface area contributed by atoms with Crippen molar-refractivity contribution >= 4 is 6.29 Å². The zero-order valence-electron chi connectivity index (χ0n) is 9.41. The monoisotopic (exact) mass is 227 g/mol. The number of aromatic nitrogens is 3. The van der Waals surface area contributed by atoms with Gasteiger partial charge in [0.2, 0.25) is 0 Å². The fourth-order valence-corrected chi connectivity index (χ4v) is 2.15. The quantitative estimate of drug-likeness (QED) is 0.734. The average molecular weight is 227 g/mol. The van der Waals surface area contributed by atoms with Crippen molar-refractivity contribution in [2.45, 2.75) is 19.4 Å². The van der Waals surface area contributed by atoms with Gasteiger partial charge in [-0.2, -0.15) is 5.10 Å². The molecule has 0 radical (unpaired) electrons. The van der Waals surface area contributed by atoms with Gasteiger partial charge in [-0.3, -0.25) is 0 Å². The Morgan fingerprint density at radius 1 is 1.29 bits per heavy atom. The summed E-state index contributed by atoms with van der Waals surface area (Å²) in [6, 6.07) is 9.92. The van der Waals surface area contributed by atoms with Crippen molar-refractivity contribution in [3.8, 4) is 11.4 Å². The SMILES string of the molecule is O=CC1CCn2nc(-c3ccccc3)nc2C1. The molecule has 17 heavy (non-hydrogen) atoms. The first-order valence-electron chi connectivity index (χ1n) is 5.81. The van der Waals surface area contributed by atoms with Gasteiger partial charge in [-0.25, -0.2) is 9.67 Å². The fraction of sp³-hybridized carbons (Fsp3) is 0.308. The van der Waals surface area contributed by atoms with Crippen molar-refractivity contribution in [2.24, 2.45) is 5.92 Å². The lowest BCUT2D eigenvalue weighted by atomic mass is 10.0. The van der Waals surface area contributed by atoms with E-state index in [9.17, 15) is 4.79 Å². The van der Waals surface area contributed by atoms with Gasteiger partial charge in [0.05, 0.1) is 0 Å². The molecule has 1 aromatic heterocycles. The number of fused-ring (bicyclic) bond motifs is 1. The van der Waals surface area contributed by atoms with Crippen LogP contribution in [0.5, 0.6) is 0 Å². The van der Waals surface area contributed by atoms with Gasteiger partial charge in [-0.05, 0) is 6.42 Å². The molecule has 0 bridgehead atoms. The number of carbonyl (C=O) groups excluding carboxylic acids is 1. The first kappa shape index (κ1) is 10.2. The van der Waals surface area contributed by atoms with Gasteiger partial charge in [0, 0.05) is 24.4 Å². The first-order valence-corrected chi connectivity index (χ1v) is 5.81. The van der Waals surface area contributed by atoms with E-state index < -0.39 is 0 Å². The molecular formula is C13H13N3O. The summed E-state index contributed by atoms with van der Waals surface area (Å²) in [4.78, 5) is 15.3. The van der Waals surface area contributed by atoms with Gasteiger partial charge >= 0.3 is 0 Å². The van der Waals surface area contributed by atoms with Crippen LogP contribution in [0.3, 0.4) is 0 Å². The topological polar surface area (TPSA) is 47.8 Å². The van der Waals surface area contributed by atoms with Gasteiger partial charge in [0.25, 0.3) is 0 Å². The van der Waals surface area contributed by atoms with E-state index in [1.54, 1.807) is 0 Å². The maximum atomic E-state index is 10.8. The summed E-state index contributed by atoms with van der Waals surface area (Å²) in [5.41, 5.74) is 1.03. The number of aryl methyl sites for hydroxylation is 1. The molecule has 1 unspecified atom stereocenters. The standard InChI is InChI=1S/C13H13N3O/c17-9-10-6-7-16-12(8-10)14-13(15-16)11-4-2-1-3-5-11/h1-5,9-10H,6-8H2. The lowest BCUT2D eigenvalue weighted by Gasteiger charge is -2.16. The Morgan fingerprint density at radius 3 is 2.88 bits per heavy atom. The highest BCUT2D eigenvalue weighted by molar-refractivity contribution is 5.56. The summed E-state index contributed by atoms with van der Waals surface area (Å²) in [5, 5.41) is 4.48. The van der Waals surface area contributed by atoms with E-state index in [1.807, 2.05) is 35.0 Å². The summed E-state index contributed by atoms with van der Waals surface area (Å²) in [7, 11) is 0. The van der Waals surface area contributed by atoms with Crippen LogP contribution in [0.1, 0.15) is 12.2 Å². The molecule has 1 aromatic carbocycles. The van der Waals surface area contributed by atoms with E-state index in [1.165, 1.54) is 0 Å². The van der Waals surface area contributed by atoms with Crippen molar-refractivity contribution in [3.05, 3.63) is 36.2 Å². The lowest BCUT2D eigenvalue weighted by Crippen LogP contribution is -2.21. The second kappa shape index (κ2) is 4.13. The van der Waals surface area contributed by atoms with E-state index in [-0.39, 0.29) is 5.92 Å². The number of hydrogen-bond donors (Lipinski definition) is 0. The summed E-state index contributed by atoms with van der Waals surface area (Å²) < 4.78 is 1.92. The normalized spacial score (nSPS) is 18.7. The zero-order valence-corrected chi connectivity index (χ0v) is 9.41. The van der Waals surface area contributed by atoms with Crippen LogP contribution in [0.25, 0.3) is 11.4 Å². The molecule has 0 aliphatic carbocycles. The maximum Gasteiger partial charge on any atom is 0.181 e. The molecule has 3 rings (SSSR count). The van der Waals surface area contributed by atoms with E-state index in [0.717, 1.165) is 36.5 Å². The summed E-state index contributed by atoms with van der Waals surface area (Å²) >= 11 is 0. The molecule has 0 saturated carbocycles. The fourth-order valence-electron chi connectivity index (χ4n) is 2.15. The molecule has 0 N–H and O–H groups in total. The van der Waals surface area contributed by atoms with Crippen LogP contribution in [-0.4, -0.2) is 21.1 Å². The molecule has 2 aromatic rings. The molecule has 0 amide bonds. The van der Waals surface area contributed by atoms with E-state index >= 15 is 0 Å². The van der Waals surface area contributed by atoms with Crippen LogP contribution in [0.2, 0.25) is 0 Å². The number of benzene rings is 1. The van der Waals surface area contributed by atoms with Gasteiger partial charge in [0.1, 0.15) is 12.1 Å². The number of hydrogen-bond acceptors (Lipinski definition) is 3. The molecule has 1 atom stereocenters. The van der Waals surface area contributed by atoms with Crippen LogP contribution in [-0.2, 0) is 17.8 Å². The van der Waals surface area contributed by atoms with Gasteiger partial charge in [0.15, 0.2) is 5.82 Å². The average Bonchev–Trinajstić information content (AvgIpc) is 2.82. The van der Waals surface area contributed by atoms with Crippen molar-refractivity contribution in [3.63, 3.8) is 0 Å². The molecule has 0 spiro atoms. The molecule has 0 saturated heterocycles. The largest absolute Gasteiger partial charge is 0.303 e. The van der Waals surface area contributed by atoms with Crippen LogP contribution in [0, 0.1) is 5.92 Å². The molecule has 4 heteroatoms. The third kappa shape index (κ3) is 1.86. The first-order chi connectivity index (χ1) is 8.36. The van der Waals surface area contributed by atoms with E-state index in [4.69, 9.17) is 0 Å². The van der Waals surface area contributed by atoms with Gasteiger partial charge in [-0.15, -0.1) is 0 Å². The molecular weight excluding hydrogens is 214 g/mol. The Kier molecular flexibility index (Phi) is 2.48. The lowest BCUT2D eigenvalue weighted by molar-refractivity contribution is -0.111. The van der Waals surface area contributed by atoms with Crippen molar-refractivity contribution < 1.29 is 4.79 Å². The van der Waals surface area contributed by atoms with Crippen LogP contribution < -0.4 is 0 Å². The van der Waals surface area contributed by atoms with Crippen molar-refractivity contribution in [2.75, 3.05) is 0 Å². The summed E-state index contributed by atoms with van der Waals surface area (Å²) in [6.07, 6.45) is 2.61. The zero-order chi connectivity index (χ0) is 11.7. The van der Waals surface area contributed by atoms with E-state index in [0.29, 0.717) is 6.42 Å². The second-order valence-corrected chi connectivity index (χ2v) is 4.33. The number of aldehydes is 1. The van der Waals surface area contributed by atoms with Gasteiger partial charge < -0.3 is 4.79 Å². The molecule has 4 nitrogen and oxygen atoms in total. The van der Waals surface area contributed by atoms with Gasteiger partial charge in [-0.1, -0.05) is 30.3 Å². The highest BCUT2D eigenvalue weighted by Crippen LogP contribution is 2.21. The Balaban J connectivity index is 1.95. The number of nitrogens with zero attached hydrogens (tertiary/aromatic N) is 3. The Labute approximate surface area is 99.3 Å². The minimum Gasteiger partial charge on any atom is -0.303 e. The predicted molar refractivity (Wildman–Crippen MR) is 63.3 cm³/mol. The second-order valence-electron chi connectivity index (χ2n) is 4.33. The third-order valence-corrected chi connectivity index (χ3v) is 3.13. The maximum absolute atomic E-state index is 10.8. The summed E-state index contributed by atoms with van der Waals surface area (Å²) in [5.74, 6) is 1.79. The highest BCUT2D eigenvalue weighted by Gasteiger charge is 2.21. The Morgan fingerprint density at radius 2 is 2.12 bits per heavy atom. The molecule has 1 aliphatic rings. The predicted octanol–water partition coefficient (Wildman–Crippen LogP) is 1.71. The van der Waals surface area contributed by atoms with Crippen molar-refractivity contribution in [1.82, 2.24) is 14.8 Å². The number of rotatable bonds is 2. The van der Waals surface area contributed by atoms with Crippen LogP contribution in [0.15, 0.2) is 30.3 Å². The number of carbonyl (C=O) groups is 1. The molecule has 0 fully saturated rings. The third-order valence-electron chi connectivity index (χ3n) is 3.13. The minimum atomic E-state index is 0.107.